The lowest BCUT2D eigenvalue weighted by Gasteiger charge is -2.21. The third kappa shape index (κ3) is 4.64. The molecule has 0 fully saturated rings. The minimum Gasteiger partial charge on any atom is -0.309 e. The van der Waals surface area contributed by atoms with E-state index >= 15 is 0 Å². The van der Waals surface area contributed by atoms with E-state index in [2.05, 4.69) is 217 Å². The summed E-state index contributed by atoms with van der Waals surface area (Å²) >= 11 is 1.91. The fraction of sp³-hybridized carbons (Fsp3) is 0.0526. The molecule has 0 spiro atoms. The summed E-state index contributed by atoms with van der Waals surface area (Å²) in [6, 6.07) is 72.3. The van der Waals surface area contributed by atoms with E-state index in [0.717, 1.165) is 0 Å². The number of thiophene rings is 1. The molecule has 60 heavy (non-hydrogen) atoms. The van der Waals surface area contributed by atoms with E-state index in [0.29, 0.717) is 0 Å². The maximum absolute atomic E-state index is 2.52. The molecule has 0 bridgehead atoms. The van der Waals surface area contributed by atoms with E-state index in [4.69, 9.17) is 0 Å². The first kappa shape index (κ1) is 33.7. The molecule has 0 atom stereocenters. The molecule has 0 saturated heterocycles. The van der Waals surface area contributed by atoms with Crippen LogP contribution < -0.4 is 0 Å². The molecular weight excluding hydrogens is 745 g/mol. The normalized spacial score (nSPS) is 13.3. The molecule has 9 aromatic carbocycles. The lowest BCUT2D eigenvalue weighted by Crippen LogP contribution is -2.14. The van der Waals surface area contributed by atoms with E-state index < -0.39 is 0 Å². The van der Waals surface area contributed by atoms with E-state index in [1.54, 1.807) is 0 Å². The molecule has 0 amide bonds. The molecule has 1 aliphatic rings. The Hall–Kier alpha value is -7.20. The first-order valence-corrected chi connectivity index (χ1v) is 21.7. The molecule has 3 aromatic heterocycles. The molecular formula is C57H38N2S. The fourth-order valence-corrected chi connectivity index (χ4v) is 11.8. The number of benzene rings is 9. The SMILES string of the molecule is CC1(C)c2ccccc2-c2c(-c3cc(-n4c5ccccc5c5ccc(-c6ccc7c(c6)c6ccccc6n7-c6ccccc6)cc54)cc4c3sc3ccccc34)cccc21. The Balaban J connectivity index is 1.07. The number of hydrogen-bond donors (Lipinski definition) is 0. The van der Waals surface area contributed by atoms with E-state index in [-0.39, 0.29) is 5.41 Å². The van der Waals surface area contributed by atoms with E-state index in [1.165, 1.54) is 120 Å². The Labute approximate surface area is 351 Å². The fourth-order valence-electron chi connectivity index (χ4n) is 10.6. The minimum atomic E-state index is -0.0818. The van der Waals surface area contributed by atoms with Crippen LogP contribution in [0.3, 0.4) is 0 Å². The van der Waals surface area contributed by atoms with Gasteiger partial charge in [-0.1, -0.05) is 147 Å². The van der Waals surface area contributed by atoms with Gasteiger partial charge in [-0.05, 0) is 99.6 Å². The van der Waals surface area contributed by atoms with Crippen molar-refractivity contribution in [3.63, 3.8) is 0 Å². The molecule has 0 unspecified atom stereocenters. The highest BCUT2D eigenvalue weighted by molar-refractivity contribution is 7.26. The highest BCUT2D eigenvalue weighted by atomic mass is 32.1. The average molecular weight is 783 g/mol. The second kappa shape index (κ2) is 12.4. The molecule has 0 aliphatic heterocycles. The van der Waals surface area contributed by atoms with Crippen LogP contribution in [0.15, 0.2) is 194 Å². The Kier molecular flexibility index (Phi) is 6.98. The van der Waals surface area contributed by atoms with Crippen LogP contribution in [0, 0.1) is 0 Å². The minimum absolute atomic E-state index is 0.0818. The van der Waals surface area contributed by atoms with Crippen LogP contribution in [0.25, 0.3) is 109 Å². The highest BCUT2D eigenvalue weighted by Gasteiger charge is 2.37. The largest absolute Gasteiger partial charge is 0.309 e. The van der Waals surface area contributed by atoms with Crippen molar-refractivity contribution in [3.8, 4) is 44.8 Å². The Morgan fingerprint density at radius 1 is 0.367 bits per heavy atom. The van der Waals surface area contributed by atoms with Crippen molar-refractivity contribution < 1.29 is 0 Å². The maximum Gasteiger partial charge on any atom is 0.0547 e. The van der Waals surface area contributed by atoms with Gasteiger partial charge in [-0.3, -0.25) is 0 Å². The maximum atomic E-state index is 2.52. The predicted molar refractivity (Wildman–Crippen MR) is 256 cm³/mol. The molecule has 282 valence electrons. The first-order valence-electron chi connectivity index (χ1n) is 20.8. The van der Waals surface area contributed by atoms with Crippen LogP contribution in [0.5, 0.6) is 0 Å². The Bertz CT molecular complexity index is 3740. The number of fused-ring (bicyclic) bond motifs is 12. The summed E-state index contributed by atoms with van der Waals surface area (Å²) in [5.41, 5.74) is 17.6. The van der Waals surface area contributed by atoms with Crippen LogP contribution >= 0.6 is 11.3 Å². The van der Waals surface area contributed by atoms with Crippen molar-refractivity contribution in [2.45, 2.75) is 19.3 Å². The van der Waals surface area contributed by atoms with Crippen molar-refractivity contribution in [1.82, 2.24) is 9.13 Å². The summed E-state index contributed by atoms with van der Waals surface area (Å²) in [5.74, 6) is 0. The van der Waals surface area contributed by atoms with Crippen molar-refractivity contribution in [3.05, 3.63) is 205 Å². The van der Waals surface area contributed by atoms with Crippen molar-refractivity contribution >= 4 is 75.1 Å². The summed E-state index contributed by atoms with van der Waals surface area (Å²) in [5, 5.41) is 7.63. The van der Waals surface area contributed by atoms with Crippen LogP contribution in [-0.4, -0.2) is 9.13 Å². The Morgan fingerprint density at radius 2 is 0.967 bits per heavy atom. The zero-order chi connectivity index (χ0) is 39.7. The topological polar surface area (TPSA) is 9.86 Å². The average Bonchev–Trinajstić information content (AvgIpc) is 4.01. The molecule has 3 heterocycles. The summed E-state index contributed by atoms with van der Waals surface area (Å²) in [6.07, 6.45) is 0. The first-order chi connectivity index (χ1) is 29.5. The third-order valence-corrected chi connectivity index (χ3v) is 14.5. The van der Waals surface area contributed by atoms with Crippen molar-refractivity contribution in [2.24, 2.45) is 0 Å². The van der Waals surface area contributed by atoms with Gasteiger partial charge in [0.25, 0.3) is 0 Å². The molecule has 0 N–H and O–H groups in total. The second-order valence-electron chi connectivity index (χ2n) is 16.9. The van der Waals surface area contributed by atoms with Gasteiger partial charge >= 0.3 is 0 Å². The van der Waals surface area contributed by atoms with Gasteiger partial charge in [0.05, 0.1) is 22.1 Å². The van der Waals surface area contributed by atoms with Gasteiger partial charge in [0, 0.05) is 64.1 Å². The Morgan fingerprint density at radius 3 is 1.80 bits per heavy atom. The van der Waals surface area contributed by atoms with Gasteiger partial charge in [-0.25, -0.2) is 0 Å². The second-order valence-corrected chi connectivity index (χ2v) is 17.9. The summed E-state index contributed by atoms with van der Waals surface area (Å²) in [6.45, 7) is 4.75. The molecule has 12 aromatic rings. The molecule has 0 saturated carbocycles. The van der Waals surface area contributed by atoms with Gasteiger partial charge in [-0.15, -0.1) is 11.3 Å². The number of rotatable bonds is 4. The zero-order valence-electron chi connectivity index (χ0n) is 33.3. The standard InChI is InChI=1S/C57H38N2S/c1-57(2)48-22-10-6-20-44(48)55-43(21-14-23-49(55)57)47-34-38(33-46-42-19-9-13-26-54(42)60-56(46)47)59-50-24-11-7-17-39(50)41-29-27-36(32-53(41)59)35-28-30-52-45(31-35)40-18-8-12-25-51(40)58(52)37-15-4-3-5-16-37/h3-34H,1-2H3. The van der Waals surface area contributed by atoms with E-state index in [9.17, 15) is 0 Å². The van der Waals surface area contributed by atoms with Gasteiger partial charge in [-0.2, -0.15) is 0 Å². The molecule has 13 rings (SSSR count). The molecule has 0 radical (unpaired) electrons. The quantitative estimate of drug-likeness (QED) is 0.168. The van der Waals surface area contributed by atoms with Gasteiger partial charge in [0.2, 0.25) is 0 Å². The number of hydrogen-bond acceptors (Lipinski definition) is 1. The smallest absolute Gasteiger partial charge is 0.0547 e. The zero-order valence-corrected chi connectivity index (χ0v) is 34.1. The van der Waals surface area contributed by atoms with Crippen LogP contribution in [0.1, 0.15) is 25.0 Å². The van der Waals surface area contributed by atoms with Crippen LogP contribution in [0.4, 0.5) is 0 Å². The van der Waals surface area contributed by atoms with Crippen molar-refractivity contribution in [2.75, 3.05) is 0 Å². The van der Waals surface area contributed by atoms with Gasteiger partial charge < -0.3 is 9.13 Å². The summed E-state index contributed by atoms with van der Waals surface area (Å²) in [4.78, 5) is 0. The predicted octanol–water partition coefficient (Wildman–Crippen LogP) is 15.9. The molecule has 2 nitrogen and oxygen atoms in total. The number of para-hydroxylation sites is 3. The summed E-state index contributed by atoms with van der Waals surface area (Å²) in [7, 11) is 0. The third-order valence-electron chi connectivity index (χ3n) is 13.3. The molecule has 3 heteroatoms. The molecule has 1 aliphatic carbocycles. The lowest BCUT2D eigenvalue weighted by atomic mass is 9.82. The monoisotopic (exact) mass is 782 g/mol. The van der Waals surface area contributed by atoms with Gasteiger partial charge in [0.15, 0.2) is 0 Å². The van der Waals surface area contributed by atoms with Crippen LogP contribution in [-0.2, 0) is 5.41 Å². The summed E-state index contributed by atoms with van der Waals surface area (Å²) < 4.78 is 7.55. The lowest BCUT2D eigenvalue weighted by molar-refractivity contribution is 0.660. The van der Waals surface area contributed by atoms with Gasteiger partial charge in [0.1, 0.15) is 0 Å². The van der Waals surface area contributed by atoms with Crippen molar-refractivity contribution in [1.29, 1.82) is 0 Å². The highest BCUT2D eigenvalue weighted by Crippen LogP contribution is 2.54. The number of nitrogens with zero attached hydrogens (tertiary/aromatic N) is 2. The van der Waals surface area contributed by atoms with Crippen LogP contribution in [0.2, 0.25) is 0 Å². The van der Waals surface area contributed by atoms with E-state index in [1.807, 2.05) is 11.3 Å². The number of aromatic nitrogens is 2.